The van der Waals surface area contributed by atoms with E-state index in [1.165, 1.54) is 0 Å². The molecule has 1 saturated heterocycles. The van der Waals surface area contributed by atoms with E-state index in [2.05, 4.69) is 0 Å². The Morgan fingerprint density at radius 2 is 1.60 bits per heavy atom. The van der Waals surface area contributed by atoms with Crippen molar-refractivity contribution in [1.82, 2.24) is 0 Å². The van der Waals surface area contributed by atoms with Gasteiger partial charge in [0, 0.05) is 6.10 Å². The molecule has 15 heavy (non-hydrogen) atoms. The van der Waals surface area contributed by atoms with Crippen LogP contribution < -0.4 is 0 Å². The van der Waals surface area contributed by atoms with Crippen molar-refractivity contribution in [1.29, 1.82) is 0 Å². The highest BCUT2D eigenvalue weighted by atomic mass is 16.8. The number of hydrogen-bond donors (Lipinski definition) is 2. The van der Waals surface area contributed by atoms with Gasteiger partial charge in [-0.25, -0.2) is 9.59 Å². The van der Waals surface area contributed by atoms with Crippen LogP contribution in [0.15, 0.2) is 0 Å². The third-order valence-corrected chi connectivity index (χ3v) is 1.66. The standard InChI is InChI=1S/C7H11BO7/c1-3(2)13-8-14-4(6(9)10)5(15-8)7(11)12/h3-5H,1-2H3,(H,9,10)(H,11,12). The van der Waals surface area contributed by atoms with Gasteiger partial charge < -0.3 is 24.2 Å². The summed E-state index contributed by atoms with van der Waals surface area (Å²) in [6, 6.07) is 0. The minimum absolute atomic E-state index is 0.253. The lowest BCUT2D eigenvalue weighted by molar-refractivity contribution is -0.156. The van der Waals surface area contributed by atoms with Gasteiger partial charge in [0.2, 0.25) is 0 Å². The Labute approximate surface area is 86.1 Å². The zero-order valence-electron chi connectivity index (χ0n) is 8.25. The smallest absolute Gasteiger partial charge is 0.479 e. The summed E-state index contributed by atoms with van der Waals surface area (Å²) in [6.07, 6.45) is -3.32. The van der Waals surface area contributed by atoms with Crippen LogP contribution in [0.25, 0.3) is 0 Å². The Hall–Kier alpha value is -1.12. The fourth-order valence-corrected chi connectivity index (χ4v) is 1.08. The van der Waals surface area contributed by atoms with Crippen LogP contribution in [-0.4, -0.2) is 47.8 Å². The lowest BCUT2D eigenvalue weighted by atomic mass is 10.2. The quantitative estimate of drug-likeness (QED) is 0.604. The van der Waals surface area contributed by atoms with Crippen LogP contribution in [0, 0.1) is 0 Å². The zero-order chi connectivity index (χ0) is 11.6. The van der Waals surface area contributed by atoms with Crippen molar-refractivity contribution in [2.75, 3.05) is 0 Å². The Bertz CT molecular complexity index is 244. The molecule has 2 unspecified atom stereocenters. The lowest BCUT2D eigenvalue weighted by Gasteiger charge is -2.08. The lowest BCUT2D eigenvalue weighted by Crippen LogP contribution is -2.36. The largest absolute Gasteiger partial charge is 0.641 e. The topological polar surface area (TPSA) is 102 Å². The van der Waals surface area contributed by atoms with E-state index in [-0.39, 0.29) is 6.10 Å². The zero-order valence-corrected chi connectivity index (χ0v) is 8.25. The molecule has 7 nitrogen and oxygen atoms in total. The van der Waals surface area contributed by atoms with E-state index >= 15 is 0 Å². The average Bonchev–Trinajstić information content (AvgIpc) is 2.46. The van der Waals surface area contributed by atoms with Gasteiger partial charge in [0.1, 0.15) is 0 Å². The summed E-state index contributed by atoms with van der Waals surface area (Å²) >= 11 is 0. The molecule has 2 atom stereocenters. The summed E-state index contributed by atoms with van der Waals surface area (Å²) < 4.78 is 14.6. The minimum atomic E-state index is -1.54. The van der Waals surface area contributed by atoms with Crippen molar-refractivity contribution in [3.8, 4) is 0 Å². The van der Waals surface area contributed by atoms with Gasteiger partial charge in [0.15, 0.2) is 12.2 Å². The summed E-state index contributed by atoms with van der Waals surface area (Å²) in [6.45, 7) is 3.38. The first kappa shape index (κ1) is 12.0. The number of carboxylic acids is 2. The van der Waals surface area contributed by atoms with Crippen molar-refractivity contribution in [2.24, 2.45) is 0 Å². The molecule has 1 fully saturated rings. The first-order valence-corrected chi connectivity index (χ1v) is 4.34. The molecule has 0 aliphatic carbocycles. The van der Waals surface area contributed by atoms with E-state index in [0.29, 0.717) is 0 Å². The molecule has 1 rings (SSSR count). The Morgan fingerprint density at radius 3 is 1.87 bits per heavy atom. The maximum atomic E-state index is 10.6. The highest BCUT2D eigenvalue weighted by Crippen LogP contribution is 2.18. The molecule has 2 N–H and O–H groups in total. The van der Waals surface area contributed by atoms with Gasteiger partial charge in [-0.1, -0.05) is 0 Å². The third kappa shape index (κ3) is 2.91. The highest BCUT2D eigenvalue weighted by Gasteiger charge is 2.49. The molecule has 1 heterocycles. The normalized spacial score (nSPS) is 25.9. The summed E-state index contributed by atoms with van der Waals surface area (Å²) in [7, 11) is -1.24. The van der Waals surface area contributed by atoms with Crippen LogP contribution in [0.5, 0.6) is 0 Å². The molecule has 0 amide bonds. The van der Waals surface area contributed by atoms with Crippen molar-refractivity contribution < 1.29 is 33.8 Å². The van der Waals surface area contributed by atoms with E-state index in [4.69, 9.17) is 24.2 Å². The molecule has 0 aromatic carbocycles. The number of carboxylic acid groups (broad SMARTS) is 2. The molecule has 0 spiro atoms. The predicted octanol–water partition coefficient (Wildman–Crippen LogP) is -0.650. The van der Waals surface area contributed by atoms with E-state index in [1.807, 2.05) is 0 Å². The fraction of sp³-hybridized carbons (Fsp3) is 0.714. The van der Waals surface area contributed by atoms with Gasteiger partial charge in [-0.3, -0.25) is 0 Å². The van der Waals surface area contributed by atoms with Gasteiger partial charge in [-0.05, 0) is 13.8 Å². The Morgan fingerprint density at radius 1 is 1.20 bits per heavy atom. The maximum absolute atomic E-state index is 10.6. The Kier molecular flexibility index (Phi) is 3.67. The van der Waals surface area contributed by atoms with Crippen LogP contribution in [0.2, 0.25) is 0 Å². The van der Waals surface area contributed by atoms with Gasteiger partial charge in [0.05, 0.1) is 0 Å². The van der Waals surface area contributed by atoms with Crippen LogP contribution in [0.4, 0.5) is 0 Å². The van der Waals surface area contributed by atoms with Crippen molar-refractivity contribution >= 4 is 19.3 Å². The molecule has 1 aliphatic heterocycles. The van der Waals surface area contributed by atoms with Crippen molar-refractivity contribution in [3.05, 3.63) is 0 Å². The fourth-order valence-electron chi connectivity index (χ4n) is 1.08. The van der Waals surface area contributed by atoms with Crippen molar-refractivity contribution in [3.63, 3.8) is 0 Å². The van der Waals surface area contributed by atoms with Crippen LogP contribution in [0.3, 0.4) is 0 Å². The van der Waals surface area contributed by atoms with Gasteiger partial charge in [-0.15, -0.1) is 0 Å². The molecule has 0 aromatic heterocycles. The second kappa shape index (κ2) is 4.60. The molecule has 0 bridgehead atoms. The number of aliphatic carboxylic acids is 2. The van der Waals surface area contributed by atoms with Crippen LogP contribution in [-0.2, 0) is 23.6 Å². The Balaban J connectivity index is 2.65. The van der Waals surface area contributed by atoms with E-state index < -0.39 is 31.5 Å². The molecule has 84 valence electrons. The van der Waals surface area contributed by atoms with Gasteiger partial charge >= 0.3 is 19.3 Å². The van der Waals surface area contributed by atoms with E-state index in [9.17, 15) is 9.59 Å². The molecule has 0 radical (unpaired) electrons. The SMILES string of the molecule is CC(C)OB1OC(C(=O)O)C(C(=O)O)O1. The predicted molar refractivity (Wildman–Crippen MR) is 47.0 cm³/mol. The first-order valence-electron chi connectivity index (χ1n) is 4.34. The summed E-state index contributed by atoms with van der Waals surface area (Å²) in [5, 5.41) is 17.3. The molecular formula is C7H11BO7. The summed E-state index contributed by atoms with van der Waals surface area (Å²) in [5.41, 5.74) is 0. The van der Waals surface area contributed by atoms with Crippen molar-refractivity contribution in [2.45, 2.75) is 32.2 Å². The third-order valence-electron chi connectivity index (χ3n) is 1.66. The molecule has 8 heteroatoms. The van der Waals surface area contributed by atoms with Crippen LogP contribution in [0.1, 0.15) is 13.8 Å². The number of carbonyl (C=O) groups is 2. The monoisotopic (exact) mass is 218 g/mol. The molecule has 0 aromatic rings. The number of hydrogen-bond acceptors (Lipinski definition) is 5. The molecule has 0 saturated carbocycles. The second-order valence-electron chi connectivity index (χ2n) is 3.26. The molecular weight excluding hydrogens is 207 g/mol. The minimum Gasteiger partial charge on any atom is -0.479 e. The van der Waals surface area contributed by atoms with Crippen LogP contribution >= 0.6 is 0 Å². The van der Waals surface area contributed by atoms with Gasteiger partial charge in [0.25, 0.3) is 0 Å². The van der Waals surface area contributed by atoms with E-state index in [1.54, 1.807) is 13.8 Å². The van der Waals surface area contributed by atoms with Gasteiger partial charge in [-0.2, -0.15) is 0 Å². The maximum Gasteiger partial charge on any atom is 0.641 e. The molecule has 1 aliphatic rings. The second-order valence-corrected chi connectivity index (χ2v) is 3.26. The highest BCUT2D eigenvalue weighted by molar-refractivity contribution is 6.38. The average molecular weight is 218 g/mol. The van der Waals surface area contributed by atoms with E-state index in [0.717, 1.165) is 0 Å². The number of rotatable bonds is 4. The summed E-state index contributed by atoms with van der Waals surface area (Å²) in [5.74, 6) is -2.78. The first-order chi connectivity index (χ1) is 6.91. The summed E-state index contributed by atoms with van der Waals surface area (Å²) in [4.78, 5) is 21.2.